The topological polar surface area (TPSA) is 77.2 Å². The SMILES string of the molecule is COc1cccc(/C=N\NC(=O)c2c(C)nc3ccc(C)cn23)c1OC. The summed E-state index contributed by atoms with van der Waals surface area (Å²) >= 11 is 0. The summed E-state index contributed by atoms with van der Waals surface area (Å²) < 4.78 is 12.4. The van der Waals surface area contributed by atoms with Crippen molar-refractivity contribution in [3.05, 3.63) is 59.0 Å². The van der Waals surface area contributed by atoms with Gasteiger partial charge in [0.05, 0.1) is 26.1 Å². The Morgan fingerprint density at radius 2 is 2.00 bits per heavy atom. The molecule has 0 fully saturated rings. The third-order valence-corrected chi connectivity index (χ3v) is 3.96. The van der Waals surface area contributed by atoms with Crippen molar-refractivity contribution in [3.63, 3.8) is 0 Å². The van der Waals surface area contributed by atoms with Crippen LogP contribution in [-0.2, 0) is 0 Å². The lowest BCUT2D eigenvalue weighted by Crippen LogP contribution is -2.20. The first-order valence-electron chi connectivity index (χ1n) is 8.05. The van der Waals surface area contributed by atoms with Crippen LogP contribution in [0.3, 0.4) is 0 Å². The van der Waals surface area contributed by atoms with Gasteiger partial charge in [0.25, 0.3) is 5.91 Å². The molecule has 2 heterocycles. The zero-order valence-corrected chi connectivity index (χ0v) is 15.1. The largest absolute Gasteiger partial charge is 0.493 e. The van der Waals surface area contributed by atoms with Gasteiger partial charge in [-0.15, -0.1) is 0 Å². The molecule has 3 aromatic rings. The second-order valence-electron chi connectivity index (χ2n) is 5.76. The molecule has 0 aliphatic carbocycles. The van der Waals surface area contributed by atoms with Crippen LogP contribution in [0, 0.1) is 13.8 Å². The van der Waals surface area contributed by atoms with Gasteiger partial charge < -0.3 is 9.47 Å². The third kappa shape index (κ3) is 3.23. The number of para-hydroxylation sites is 1. The average Bonchev–Trinajstić information content (AvgIpc) is 2.96. The van der Waals surface area contributed by atoms with Crippen LogP contribution in [0.5, 0.6) is 11.5 Å². The van der Waals surface area contributed by atoms with E-state index in [2.05, 4.69) is 15.5 Å². The van der Waals surface area contributed by atoms with E-state index in [9.17, 15) is 4.79 Å². The quantitative estimate of drug-likeness (QED) is 0.566. The van der Waals surface area contributed by atoms with Gasteiger partial charge in [-0.2, -0.15) is 5.10 Å². The number of amides is 1. The van der Waals surface area contributed by atoms with Crippen molar-refractivity contribution in [1.29, 1.82) is 0 Å². The number of pyridine rings is 1. The van der Waals surface area contributed by atoms with Gasteiger partial charge in [0.1, 0.15) is 11.3 Å². The minimum Gasteiger partial charge on any atom is -0.493 e. The Morgan fingerprint density at radius 1 is 1.19 bits per heavy atom. The molecule has 0 saturated heterocycles. The number of benzene rings is 1. The molecule has 7 nitrogen and oxygen atoms in total. The molecule has 134 valence electrons. The molecule has 26 heavy (non-hydrogen) atoms. The molecule has 0 atom stereocenters. The molecule has 0 spiro atoms. The summed E-state index contributed by atoms with van der Waals surface area (Å²) in [6.45, 7) is 3.76. The zero-order valence-electron chi connectivity index (χ0n) is 15.1. The van der Waals surface area contributed by atoms with Crippen molar-refractivity contribution < 1.29 is 14.3 Å². The van der Waals surface area contributed by atoms with Crippen molar-refractivity contribution in [3.8, 4) is 11.5 Å². The highest BCUT2D eigenvalue weighted by Gasteiger charge is 2.16. The number of hydrogen-bond donors (Lipinski definition) is 1. The van der Waals surface area contributed by atoms with Crippen LogP contribution in [0.15, 0.2) is 41.6 Å². The summed E-state index contributed by atoms with van der Waals surface area (Å²) in [6, 6.07) is 9.26. The summed E-state index contributed by atoms with van der Waals surface area (Å²) in [5.41, 5.74) is 6.09. The van der Waals surface area contributed by atoms with Gasteiger partial charge in [0, 0.05) is 11.8 Å². The maximum atomic E-state index is 12.6. The number of carbonyl (C=O) groups excluding carboxylic acids is 1. The highest BCUT2D eigenvalue weighted by atomic mass is 16.5. The maximum Gasteiger partial charge on any atom is 0.290 e. The number of hydrogen-bond acceptors (Lipinski definition) is 5. The lowest BCUT2D eigenvalue weighted by molar-refractivity contribution is 0.0948. The molecule has 1 N–H and O–H groups in total. The molecule has 0 saturated carbocycles. The number of methoxy groups -OCH3 is 2. The molecule has 0 aliphatic rings. The first-order valence-corrected chi connectivity index (χ1v) is 8.05. The highest BCUT2D eigenvalue weighted by molar-refractivity contribution is 5.95. The van der Waals surface area contributed by atoms with E-state index in [-0.39, 0.29) is 5.91 Å². The molecule has 0 radical (unpaired) electrons. The number of hydrazone groups is 1. The number of carbonyl (C=O) groups is 1. The van der Waals surface area contributed by atoms with Gasteiger partial charge in [-0.1, -0.05) is 12.1 Å². The van der Waals surface area contributed by atoms with Crippen LogP contribution in [0.25, 0.3) is 5.65 Å². The minimum atomic E-state index is -0.335. The summed E-state index contributed by atoms with van der Waals surface area (Å²) in [7, 11) is 3.12. The maximum absolute atomic E-state index is 12.6. The molecule has 0 aliphatic heterocycles. The van der Waals surface area contributed by atoms with Crippen molar-refractivity contribution >= 4 is 17.8 Å². The van der Waals surface area contributed by atoms with Crippen molar-refractivity contribution in [1.82, 2.24) is 14.8 Å². The molecular weight excluding hydrogens is 332 g/mol. The number of fused-ring (bicyclic) bond motifs is 1. The fourth-order valence-corrected chi connectivity index (χ4v) is 2.77. The Hall–Kier alpha value is -3.35. The standard InChI is InChI=1S/C19H20N4O3/c1-12-8-9-16-21-13(2)17(23(16)11-12)19(24)22-20-10-14-6-5-7-15(25-3)18(14)26-4/h5-11H,1-4H3,(H,22,24)/b20-10-. The van der Waals surface area contributed by atoms with E-state index in [4.69, 9.17) is 9.47 Å². The molecule has 3 rings (SSSR count). The summed E-state index contributed by atoms with van der Waals surface area (Å²) in [5.74, 6) is 0.809. The van der Waals surface area contributed by atoms with Crippen LogP contribution in [-0.4, -0.2) is 35.7 Å². The molecule has 1 aromatic carbocycles. The first-order chi connectivity index (χ1) is 12.5. The lowest BCUT2D eigenvalue weighted by Gasteiger charge is -2.09. The number of aryl methyl sites for hydroxylation is 2. The van der Waals surface area contributed by atoms with Crippen LogP contribution >= 0.6 is 0 Å². The minimum absolute atomic E-state index is 0.335. The van der Waals surface area contributed by atoms with Gasteiger partial charge in [-0.25, -0.2) is 10.4 Å². The lowest BCUT2D eigenvalue weighted by atomic mass is 10.2. The van der Waals surface area contributed by atoms with Crippen LogP contribution in [0.2, 0.25) is 0 Å². The van der Waals surface area contributed by atoms with Gasteiger partial charge in [-0.3, -0.25) is 9.20 Å². The second kappa shape index (κ2) is 7.26. The zero-order chi connectivity index (χ0) is 18.7. The van der Waals surface area contributed by atoms with Gasteiger partial charge in [0.2, 0.25) is 0 Å². The Bertz CT molecular complexity index is 992. The van der Waals surface area contributed by atoms with Crippen molar-refractivity contribution in [2.45, 2.75) is 13.8 Å². The third-order valence-electron chi connectivity index (χ3n) is 3.96. The monoisotopic (exact) mass is 352 g/mol. The second-order valence-corrected chi connectivity index (χ2v) is 5.76. The van der Waals surface area contributed by atoms with Gasteiger partial charge in [-0.05, 0) is 37.6 Å². The summed E-state index contributed by atoms with van der Waals surface area (Å²) in [5, 5.41) is 4.05. The molecule has 0 bridgehead atoms. The van der Waals surface area contributed by atoms with E-state index in [0.717, 1.165) is 11.2 Å². The number of aromatic nitrogens is 2. The molecule has 2 aromatic heterocycles. The molecule has 7 heteroatoms. The summed E-state index contributed by atoms with van der Waals surface area (Å²) in [6.07, 6.45) is 3.39. The number of nitrogens with one attached hydrogen (secondary N) is 1. The number of imidazole rings is 1. The Kier molecular flexibility index (Phi) is 4.88. The Balaban J connectivity index is 1.85. The Labute approximate surface area is 151 Å². The van der Waals surface area contributed by atoms with Gasteiger partial charge in [0.15, 0.2) is 11.5 Å². The first kappa shape index (κ1) is 17.5. The molecule has 1 amide bonds. The smallest absolute Gasteiger partial charge is 0.290 e. The molecular formula is C19H20N4O3. The van der Waals surface area contributed by atoms with E-state index in [1.54, 1.807) is 31.6 Å². The number of rotatable bonds is 5. The number of nitrogens with zero attached hydrogens (tertiary/aromatic N) is 3. The fourth-order valence-electron chi connectivity index (χ4n) is 2.77. The number of ether oxygens (including phenoxy) is 2. The van der Waals surface area contributed by atoms with Crippen molar-refractivity contribution in [2.75, 3.05) is 14.2 Å². The van der Waals surface area contributed by atoms with Crippen LogP contribution in [0.4, 0.5) is 0 Å². The fraction of sp³-hybridized carbons (Fsp3) is 0.211. The highest BCUT2D eigenvalue weighted by Crippen LogP contribution is 2.29. The van der Waals surface area contributed by atoms with Crippen LogP contribution in [0.1, 0.15) is 27.3 Å². The van der Waals surface area contributed by atoms with E-state index in [1.165, 1.54) is 6.21 Å². The predicted octanol–water partition coefficient (Wildman–Crippen LogP) is 2.73. The van der Waals surface area contributed by atoms with E-state index in [0.29, 0.717) is 28.5 Å². The Morgan fingerprint density at radius 3 is 2.73 bits per heavy atom. The van der Waals surface area contributed by atoms with E-state index < -0.39 is 0 Å². The van der Waals surface area contributed by atoms with Crippen LogP contribution < -0.4 is 14.9 Å². The molecule has 0 unspecified atom stereocenters. The average molecular weight is 352 g/mol. The normalized spacial score (nSPS) is 11.1. The van der Waals surface area contributed by atoms with Crippen molar-refractivity contribution in [2.24, 2.45) is 5.10 Å². The van der Waals surface area contributed by atoms with E-state index in [1.807, 2.05) is 37.4 Å². The van der Waals surface area contributed by atoms with E-state index >= 15 is 0 Å². The van der Waals surface area contributed by atoms with Gasteiger partial charge >= 0.3 is 0 Å². The summed E-state index contributed by atoms with van der Waals surface area (Å²) in [4.78, 5) is 17.0. The predicted molar refractivity (Wildman–Crippen MR) is 99.3 cm³/mol.